The lowest BCUT2D eigenvalue weighted by Gasteiger charge is -2.22. The van der Waals surface area contributed by atoms with Crippen LogP contribution >= 0.6 is 11.6 Å². The van der Waals surface area contributed by atoms with E-state index in [1.807, 2.05) is 13.8 Å². The summed E-state index contributed by atoms with van der Waals surface area (Å²) in [7, 11) is 0. The highest BCUT2D eigenvalue weighted by Gasteiger charge is 2.31. The molecule has 1 aliphatic rings. The molecule has 86 valence electrons. The molecule has 2 rings (SSSR count). The van der Waals surface area contributed by atoms with Gasteiger partial charge >= 0.3 is 0 Å². The van der Waals surface area contributed by atoms with Gasteiger partial charge in [-0.1, -0.05) is 11.6 Å². The molecule has 0 aromatic heterocycles. The maximum Gasteiger partial charge on any atom is 0.231 e. The molecule has 1 aromatic rings. The summed E-state index contributed by atoms with van der Waals surface area (Å²) in [5.41, 5.74) is 6.40. The van der Waals surface area contributed by atoms with Crippen LogP contribution in [0.1, 0.15) is 29.8 Å². The lowest BCUT2D eigenvalue weighted by Crippen LogP contribution is -2.29. The van der Waals surface area contributed by atoms with Gasteiger partial charge in [0, 0.05) is 11.1 Å². The third-order valence-corrected chi connectivity index (χ3v) is 2.69. The lowest BCUT2D eigenvalue weighted by molar-refractivity contribution is 0.111. The molecule has 16 heavy (non-hydrogen) atoms. The van der Waals surface area contributed by atoms with Crippen molar-refractivity contribution in [3.8, 4) is 11.5 Å². The lowest BCUT2D eigenvalue weighted by atomic mass is 9.93. The van der Waals surface area contributed by atoms with Gasteiger partial charge in [-0.25, -0.2) is 0 Å². The largest absolute Gasteiger partial charge is 0.453 e. The second-order valence-corrected chi connectivity index (χ2v) is 4.63. The normalized spacial score (nSPS) is 14.0. The van der Waals surface area contributed by atoms with E-state index >= 15 is 0 Å². The molecule has 1 aliphatic heterocycles. The van der Waals surface area contributed by atoms with Crippen LogP contribution in [0, 0.1) is 0 Å². The number of nitrogens with two attached hydrogens (primary N) is 1. The van der Waals surface area contributed by atoms with E-state index in [9.17, 15) is 4.79 Å². The molecule has 1 heterocycles. The highest BCUT2D eigenvalue weighted by molar-refractivity contribution is 6.32. The summed E-state index contributed by atoms with van der Waals surface area (Å²) in [6.45, 7) is 3.72. The second-order valence-electron chi connectivity index (χ2n) is 4.23. The first-order valence-electron chi connectivity index (χ1n) is 4.81. The molecule has 5 heteroatoms. The van der Waals surface area contributed by atoms with Crippen molar-refractivity contribution in [3.05, 3.63) is 22.2 Å². The van der Waals surface area contributed by atoms with Gasteiger partial charge in [0.1, 0.15) is 0 Å². The van der Waals surface area contributed by atoms with E-state index in [4.69, 9.17) is 26.8 Å². The Hall–Kier alpha value is -1.26. The number of halogens is 1. The first-order chi connectivity index (χ1) is 7.45. The number of hydrogen-bond acceptors (Lipinski definition) is 4. The molecule has 0 spiro atoms. The van der Waals surface area contributed by atoms with Gasteiger partial charge in [0.05, 0.1) is 10.6 Å². The standard InChI is InChI=1S/C11H12ClNO3/c1-11(2,13)8-7(12)3-6(4-14)9-10(8)16-5-15-9/h3-4H,5,13H2,1-2H3. The fourth-order valence-electron chi connectivity index (χ4n) is 1.75. The van der Waals surface area contributed by atoms with Gasteiger partial charge in [0.2, 0.25) is 6.79 Å². The number of aldehydes is 1. The zero-order valence-corrected chi connectivity index (χ0v) is 9.80. The number of rotatable bonds is 2. The third-order valence-electron chi connectivity index (χ3n) is 2.39. The molecule has 0 radical (unpaired) electrons. The zero-order chi connectivity index (χ0) is 11.9. The van der Waals surface area contributed by atoms with Gasteiger partial charge in [-0.2, -0.15) is 0 Å². The van der Waals surface area contributed by atoms with Gasteiger partial charge in [-0.05, 0) is 19.9 Å². The van der Waals surface area contributed by atoms with E-state index in [2.05, 4.69) is 0 Å². The van der Waals surface area contributed by atoms with Crippen molar-refractivity contribution in [2.24, 2.45) is 5.73 Å². The summed E-state index contributed by atoms with van der Waals surface area (Å²) < 4.78 is 10.6. The maximum absolute atomic E-state index is 10.9. The second kappa shape index (κ2) is 3.64. The number of benzene rings is 1. The summed E-state index contributed by atoms with van der Waals surface area (Å²) in [5, 5.41) is 0.416. The highest BCUT2D eigenvalue weighted by atomic mass is 35.5. The number of ether oxygens (including phenoxy) is 2. The Bertz CT molecular complexity index is 452. The molecule has 0 bridgehead atoms. The molecule has 0 aliphatic carbocycles. The van der Waals surface area contributed by atoms with Crippen LogP contribution in [-0.4, -0.2) is 13.1 Å². The van der Waals surface area contributed by atoms with Crippen LogP contribution in [-0.2, 0) is 5.54 Å². The van der Waals surface area contributed by atoms with Crippen LogP contribution in [0.4, 0.5) is 0 Å². The Morgan fingerprint density at radius 1 is 1.44 bits per heavy atom. The molecular weight excluding hydrogens is 230 g/mol. The SMILES string of the molecule is CC(C)(N)c1c(Cl)cc(C=O)c2c1OCO2. The van der Waals surface area contributed by atoms with Gasteiger partial charge in [0.25, 0.3) is 0 Å². The predicted octanol–water partition coefficient (Wildman–Crippen LogP) is 2.08. The molecule has 0 fully saturated rings. The van der Waals surface area contributed by atoms with Crippen molar-refractivity contribution in [2.75, 3.05) is 6.79 Å². The summed E-state index contributed by atoms with van der Waals surface area (Å²) in [5.74, 6) is 0.898. The Balaban J connectivity index is 2.73. The molecule has 0 unspecified atom stereocenters. The van der Waals surface area contributed by atoms with Gasteiger partial charge in [0.15, 0.2) is 17.8 Å². The van der Waals surface area contributed by atoms with Crippen LogP contribution in [0.3, 0.4) is 0 Å². The Morgan fingerprint density at radius 3 is 2.62 bits per heavy atom. The molecule has 4 nitrogen and oxygen atoms in total. The molecule has 0 saturated heterocycles. The number of carbonyl (C=O) groups is 1. The van der Waals surface area contributed by atoms with Crippen molar-refractivity contribution in [2.45, 2.75) is 19.4 Å². The summed E-state index contributed by atoms with van der Waals surface area (Å²) in [4.78, 5) is 10.9. The van der Waals surface area contributed by atoms with Gasteiger partial charge in [-0.3, -0.25) is 4.79 Å². The van der Waals surface area contributed by atoms with Crippen LogP contribution in [0.2, 0.25) is 5.02 Å². The number of fused-ring (bicyclic) bond motifs is 1. The van der Waals surface area contributed by atoms with E-state index in [1.54, 1.807) is 6.07 Å². The third kappa shape index (κ3) is 1.64. The molecule has 0 atom stereocenters. The van der Waals surface area contributed by atoms with Crippen molar-refractivity contribution < 1.29 is 14.3 Å². The Kier molecular flexibility index (Phi) is 2.56. The first-order valence-corrected chi connectivity index (χ1v) is 5.19. The van der Waals surface area contributed by atoms with Crippen LogP contribution in [0.15, 0.2) is 6.07 Å². The van der Waals surface area contributed by atoms with Crippen molar-refractivity contribution in [3.63, 3.8) is 0 Å². The molecule has 1 aromatic carbocycles. The van der Waals surface area contributed by atoms with Gasteiger partial charge < -0.3 is 15.2 Å². The average molecular weight is 242 g/mol. The minimum atomic E-state index is -0.656. The molecular formula is C11H12ClNO3. The predicted molar refractivity (Wildman–Crippen MR) is 60.2 cm³/mol. The van der Waals surface area contributed by atoms with Crippen LogP contribution < -0.4 is 15.2 Å². The molecule has 0 amide bonds. The van der Waals surface area contributed by atoms with Crippen LogP contribution in [0.5, 0.6) is 11.5 Å². The van der Waals surface area contributed by atoms with Crippen molar-refractivity contribution >= 4 is 17.9 Å². The minimum Gasteiger partial charge on any atom is -0.453 e. The maximum atomic E-state index is 10.9. The summed E-state index contributed by atoms with van der Waals surface area (Å²) in [6.07, 6.45) is 0.687. The average Bonchev–Trinajstić information content (AvgIpc) is 2.62. The topological polar surface area (TPSA) is 61.6 Å². The number of carbonyl (C=O) groups excluding carboxylic acids is 1. The van der Waals surface area contributed by atoms with E-state index < -0.39 is 5.54 Å². The monoisotopic (exact) mass is 241 g/mol. The van der Waals surface area contributed by atoms with E-state index in [-0.39, 0.29) is 6.79 Å². The zero-order valence-electron chi connectivity index (χ0n) is 9.04. The smallest absolute Gasteiger partial charge is 0.231 e. The van der Waals surface area contributed by atoms with Crippen molar-refractivity contribution in [1.29, 1.82) is 0 Å². The fraction of sp³-hybridized carbons (Fsp3) is 0.364. The Labute approximate surface area is 98.3 Å². The van der Waals surface area contributed by atoms with Crippen molar-refractivity contribution in [1.82, 2.24) is 0 Å². The number of hydrogen-bond donors (Lipinski definition) is 1. The summed E-state index contributed by atoms with van der Waals surface area (Å²) in [6, 6.07) is 1.55. The highest BCUT2D eigenvalue weighted by Crippen LogP contribution is 2.45. The Morgan fingerprint density at radius 2 is 2.06 bits per heavy atom. The minimum absolute atomic E-state index is 0.0829. The first kappa shape index (κ1) is 11.2. The molecule has 0 saturated carbocycles. The van der Waals surface area contributed by atoms with Crippen LogP contribution in [0.25, 0.3) is 0 Å². The van der Waals surface area contributed by atoms with E-state index in [0.717, 1.165) is 0 Å². The fourth-order valence-corrected chi connectivity index (χ4v) is 2.20. The van der Waals surface area contributed by atoms with Gasteiger partial charge in [-0.15, -0.1) is 0 Å². The van der Waals surface area contributed by atoms with E-state index in [0.29, 0.717) is 33.9 Å². The van der Waals surface area contributed by atoms with E-state index in [1.165, 1.54) is 0 Å². The molecule has 2 N–H and O–H groups in total. The quantitative estimate of drug-likeness (QED) is 0.806. The summed E-state index contributed by atoms with van der Waals surface area (Å²) >= 11 is 6.10.